The van der Waals surface area contributed by atoms with E-state index in [1.807, 2.05) is 0 Å². The molecule has 0 saturated carbocycles. The molecule has 25 heavy (non-hydrogen) atoms. The molecule has 0 heterocycles. The first-order valence-electron chi connectivity index (χ1n) is 7.18. The molecule has 0 amide bonds. The van der Waals surface area contributed by atoms with Crippen molar-refractivity contribution in [2.75, 3.05) is 10.7 Å². The average molecular weight is 389 g/mol. The van der Waals surface area contributed by atoms with Crippen LogP contribution >= 0.6 is 24.0 Å². The number of thioether (sulfide) groups is 1. The van der Waals surface area contributed by atoms with Crippen LogP contribution in [-0.2, 0) is 0 Å². The zero-order chi connectivity index (χ0) is 18.7. The number of aliphatic hydroxyl groups is 1. The van der Waals surface area contributed by atoms with Crippen molar-refractivity contribution >= 4 is 34.7 Å². The Morgan fingerprint density at radius 2 is 1.64 bits per heavy atom. The number of hydrogen-bond acceptors (Lipinski definition) is 3. The van der Waals surface area contributed by atoms with Crippen molar-refractivity contribution in [3.05, 3.63) is 60.4 Å². The van der Waals surface area contributed by atoms with Gasteiger partial charge in [-0.2, -0.15) is 0 Å². The van der Waals surface area contributed by atoms with Crippen molar-refractivity contribution in [1.82, 2.24) is 0 Å². The minimum atomic E-state index is -4.77. The van der Waals surface area contributed by atoms with Crippen molar-refractivity contribution in [2.24, 2.45) is 0 Å². The van der Waals surface area contributed by atoms with Crippen LogP contribution in [-0.4, -0.2) is 27.7 Å². The van der Waals surface area contributed by atoms with E-state index in [0.717, 1.165) is 11.8 Å². The third-order valence-electron chi connectivity index (χ3n) is 3.27. The number of para-hydroxylation sites is 1. The van der Waals surface area contributed by atoms with Crippen molar-refractivity contribution in [1.29, 1.82) is 0 Å². The van der Waals surface area contributed by atoms with Gasteiger partial charge in [0.1, 0.15) is 16.4 Å². The number of hydrogen-bond donors (Lipinski definition) is 1. The number of thiocarbonyl (C=S) groups is 1. The van der Waals surface area contributed by atoms with E-state index in [0.29, 0.717) is 4.90 Å². The van der Waals surface area contributed by atoms with Crippen molar-refractivity contribution < 1.29 is 22.7 Å². The molecule has 134 valence electrons. The van der Waals surface area contributed by atoms with Gasteiger partial charge in [0.05, 0.1) is 5.69 Å². The van der Waals surface area contributed by atoms with Gasteiger partial charge in [-0.3, -0.25) is 0 Å². The predicted molar refractivity (Wildman–Crippen MR) is 95.3 cm³/mol. The van der Waals surface area contributed by atoms with Gasteiger partial charge in [-0.05, 0) is 43.3 Å². The lowest BCUT2D eigenvalue weighted by Gasteiger charge is -2.34. The summed E-state index contributed by atoms with van der Waals surface area (Å²) in [5.41, 5.74) is -2.08. The lowest BCUT2D eigenvalue weighted by molar-refractivity contribution is -0.119. The topological polar surface area (TPSA) is 23.5 Å². The molecule has 0 aliphatic rings. The van der Waals surface area contributed by atoms with Crippen LogP contribution in [0.3, 0.4) is 0 Å². The Labute approximate surface area is 152 Å². The monoisotopic (exact) mass is 389 g/mol. The Bertz CT molecular complexity index is 718. The summed E-state index contributed by atoms with van der Waals surface area (Å²) in [6.07, 6.45) is -4.77. The zero-order valence-electron chi connectivity index (χ0n) is 13.1. The van der Waals surface area contributed by atoms with E-state index in [1.165, 1.54) is 55.5 Å². The molecule has 0 fully saturated rings. The Morgan fingerprint density at radius 3 is 2.16 bits per heavy atom. The number of nitrogens with zero attached hydrogens (tertiary/aromatic N) is 1. The molecule has 0 bridgehead atoms. The molecule has 0 radical (unpaired) electrons. The summed E-state index contributed by atoms with van der Waals surface area (Å²) in [5, 5.41) is 10.5. The van der Waals surface area contributed by atoms with Gasteiger partial charge in [-0.25, -0.2) is 9.29 Å². The van der Waals surface area contributed by atoms with Gasteiger partial charge >= 0.3 is 6.30 Å². The van der Waals surface area contributed by atoms with Crippen molar-refractivity contribution in [3.63, 3.8) is 0 Å². The standard InChI is InChI=1S/C17H15F4NOS2/c1-16(23,11-25-14-9-7-12(18)8-10-14)15(24)22(17(19,20)21)13-5-3-2-4-6-13/h2-10,23H,11H2,1H3. The molecule has 0 spiro atoms. The van der Waals surface area contributed by atoms with Gasteiger partial charge in [0.2, 0.25) is 0 Å². The van der Waals surface area contributed by atoms with E-state index < -0.39 is 22.7 Å². The van der Waals surface area contributed by atoms with Gasteiger partial charge in [-0.15, -0.1) is 24.9 Å². The first-order valence-corrected chi connectivity index (χ1v) is 8.58. The molecule has 2 nitrogen and oxygen atoms in total. The molecule has 8 heteroatoms. The van der Waals surface area contributed by atoms with Crippen LogP contribution in [0, 0.1) is 5.82 Å². The summed E-state index contributed by atoms with van der Waals surface area (Å²) in [7, 11) is 0. The fourth-order valence-electron chi connectivity index (χ4n) is 2.01. The fourth-order valence-corrected chi connectivity index (χ4v) is 3.30. The fraction of sp³-hybridized carbons (Fsp3) is 0.235. The van der Waals surface area contributed by atoms with Crippen LogP contribution in [0.5, 0.6) is 0 Å². The minimum Gasteiger partial charge on any atom is -0.382 e. The first kappa shape index (κ1) is 19.7. The number of rotatable bonds is 5. The molecule has 0 aliphatic heterocycles. The third-order valence-corrected chi connectivity index (χ3v) is 5.20. The van der Waals surface area contributed by atoms with E-state index in [-0.39, 0.29) is 16.3 Å². The van der Waals surface area contributed by atoms with Crippen LogP contribution in [0.4, 0.5) is 23.2 Å². The van der Waals surface area contributed by atoms with Gasteiger partial charge < -0.3 is 5.11 Å². The van der Waals surface area contributed by atoms with E-state index in [9.17, 15) is 22.7 Å². The molecule has 0 aromatic heterocycles. The maximum atomic E-state index is 13.5. The van der Waals surface area contributed by atoms with E-state index >= 15 is 0 Å². The Morgan fingerprint density at radius 1 is 1.08 bits per heavy atom. The van der Waals surface area contributed by atoms with Crippen LogP contribution in [0.1, 0.15) is 6.92 Å². The molecule has 2 aromatic rings. The molecular weight excluding hydrogens is 374 g/mol. The molecular formula is C17H15F4NOS2. The third kappa shape index (κ3) is 5.17. The summed E-state index contributed by atoms with van der Waals surface area (Å²) < 4.78 is 53.3. The largest absolute Gasteiger partial charge is 0.489 e. The van der Waals surface area contributed by atoms with Crippen LogP contribution in [0.2, 0.25) is 0 Å². The van der Waals surface area contributed by atoms with Gasteiger partial charge in [0, 0.05) is 10.6 Å². The highest BCUT2D eigenvalue weighted by Gasteiger charge is 2.45. The van der Waals surface area contributed by atoms with E-state index in [1.54, 1.807) is 6.07 Å². The predicted octanol–water partition coefficient (Wildman–Crippen LogP) is 5.02. The SMILES string of the molecule is CC(O)(CSc1ccc(F)cc1)C(=S)N(c1ccccc1)C(F)(F)F. The number of benzene rings is 2. The molecule has 2 aromatic carbocycles. The van der Waals surface area contributed by atoms with Gasteiger partial charge in [-0.1, -0.05) is 30.4 Å². The Kier molecular flexibility index (Phi) is 6.08. The van der Waals surface area contributed by atoms with Gasteiger partial charge in [0.15, 0.2) is 0 Å². The highest BCUT2D eigenvalue weighted by atomic mass is 32.2. The molecule has 0 aliphatic carbocycles. The molecule has 2 rings (SSSR count). The molecule has 1 atom stereocenters. The smallest absolute Gasteiger partial charge is 0.382 e. The summed E-state index contributed by atoms with van der Waals surface area (Å²) in [6.45, 7) is 1.23. The summed E-state index contributed by atoms with van der Waals surface area (Å²) in [4.78, 5) is -0.0448. The molecule has 1 N–H and O–H groups in total. The van der Waals surface area contributed by atoms with Crippen LogP contribution in [0.25, 0.3) is 0 Å². The lowest BCUT2D eigenvalue weighted by Crippen LogP contribution is -2.53. The van der Waals surface area contributed by atoms with Crippen molar-refractivity contribution in [2.45, 2.75) is 23.7 Å². The number of halogens is 4. The number of anilines is 1. The van der Waals surface area contributed by atoms with Crippen LogP contribution < -0.4 is 4.90 Å². The maximum Gasteiger partial charge on any atom is 0.489 e. The summed E-state index contributed by atoms with van der Waals surface area (Å²) in [6, 6.07) is 12.5. The van der Waals surface area contributed by atoms with E-state index in [4.69, 9.17) is 12.2 Å². The van der Waals surface area contributed by atoms with E-state index in [2.05, 4.69) is 0 Å². The Balaban J connectivity index is 2.20. The first-order chi connectivity index (χ1) is 11.6. The van der Waals surface area contributed by atoms with Crippen molar-refractivity contribution in [3.8, 4) is 0 Å². The van der Waals surface area contributed by atoms with Gasteiger partial charge in [0.25, 0.3) is 0 Å². The second-order valence-electron chi connectivity index (χ2n) is 5.46. The minimum absolute atomic E-state index is 0.00639. The summed E-state index contributed by atoms with van der Waals surface area (Å²) >= 11 is 6.05. The normalized spacial score (nSPS) is 14.0. The average Bonchev–Trinajstić information content (AvgIpc) is 2.54. The number of alkyl halides is 3. The molecule has 0 saturated heterocycles. The summed E-state index contributed by atoms with van der Waals surface area (Å²) in [5.74, 6) is -0.532. The highest BCUT2D eigenvalue weighted by Crippen LogP contribution is 2.33. The lowest BCUT2D eigenvalue weighted by atomic mass is 10.1. The molecule has 1 unspecified atom stereocenters. The quantitative estimate of drug-likeness (QED) is 0.336. The second-order valence-corrected chi connectivity index (χ2v) is 6.90. The Hall–Kier alpha value is -1.64. The second kappa shape index (κ2) is 7.72. The highest BCUT2D eigenvalue weighted by molar-refractivity contribution is 7.99. The maximum absolute atomic E-state index is 13.5. The van der Waals surface area contributed by atoms with Crippen LogP contribution in [0.15, 0.2) is 59.5 Å². The zero-order valence-corrected chi connectivity index (χ0v) is 14.8.